The molecule has 4 heteroatoms. The molecule has 1 aliphatic rings. The fraction of sp³-hybridized carbons (Fsp3) is 0.800. The first-order valence-corrected chi connectivity index (χ1v) is 9.68. The van der Waals surface area contributed by atoms with Crippen LogP contribution in [0.3, 0.4) is 0 Å². The molecule has 138 valence electrons. The number of hydrogen-bond donors (Lipinski definition) is 1. The summed E-state index contributed by atoms with van der Waals surface area (Å²) in [6, 6.07) is 0. The first kappa shape index (κ1) is 20.9. The first-order chi connectivity index (χ1) is 11.6. The molecule has 1 heterocycles. The molecule has 0 saturated carbocycles. The van der Waals surface area contributed by atoms with E-state index in [0.717, 1.165) is 12.8 Å². The number of aliphatic hydroxyl groups excluding tert-OH is 1. The van der Waals surface area contributed by atoms with Gasteiger partial charge in [-0.1, -0.05) is 64.4 Å². The number of rotatable bonds is 14. The van der Waals surface area contributed by atoms with E-state index in [1.54, 1.807) is 6.08 Å². The van der Waals surface area contributed by atoms with Gasteiger partial charge in [-0.15, -0.1) is 0 Å². The van der Waals surface area contributed by atoms with E-state index in [1.807, 2.05) is 0 Å². The van der Waals surface area contributed by atoms with Crippen molar-refractivity contribution < 1.29 is 19.4 Å². The number of hydrogen-bond acceptors (Lipinski definition) is 4. The van der Waals surface area contributed by atoms with Crippen LogP contribution in [0, 0.1) is 0 Å². The molecule has 0 saturated heterocycles. The molecule has 1 aliphatic heterocycles. The average molecular weight is 338 g/mol. The van der Waals surface area contributed by atoms with Crippen LogP contribution in [0.25, 0.3) is 0 Å². The molecule has 0 amide bonds. The van der Waals surface area contributed by atoms with Gasteiger partial charge in [-0.25, -0.2) is 4.79 Å². The topological polar surface area (TPSA) is 63.6 Å². The molecule has 0 unspecified atom stereocenters. The molecule has 0 fully saturated rings. The van der Waals surface area contributed by atoms with Gasteiger partial charge < -0.3 is 9.84 Å². The molecule has 2 atom stereocenters. The van der Waals surface area contributed by atoms with Gasteiger partial charge in [-0.2, -0.15) is 0 Å². The lowest BCUT2D eigenvalue weighted by Crippen LogP contribution is -2.26. The van der Waals surface area contributed by atoms with Crippen LogP contribution >= 0.6 is 0 Å². The number of aliphatic hydroxyl groups is 1. The summed E-state index contributed by atoms with van der Waals surface area (Å²) in [6.45, 7) is 2.23. The average Bonchev–Trinajstić information content (AvgIpc) is 2.53. The Morgan fingerprint density at radius 3 is 2.42 bits per heavy atom. The second kappa shape index (κ2) is 13.2. The van der Waals surface area contributed by atoms with Gasteiger partial charge >= 0.3 is 5.97 Å². The van der Waals surface area contributed by atoms with Crippen molar-refractivity contribution in [2.75, 3.05) is 0 Å². The van der Waals surface area contributed by atoms with Gasteiger partial charge in [0.15, 0.2) is 0 Å². The smallest absolute Gasteiger partial charge is 0.330 e. The lowest BCUT2D eigenvalue weighted by molar-refractivity contribution is -0.145. The van der Waals surface area contributed by atoms with Crippen LogP contribution in [0.15, 0.2) is 12.2 Å². The summed E-state index contributed by atoms with van der Waals surface area (Å²) in [5.74, 6) is -0.248. The Kier molecular flexibility index (Phi) is 11.5. The first-order valence-electron chi connectivity index (χ1n) is 9.68. The van der Waals surface area contributed by atoms with Crippen molar-refractivity contribution in [1.29, 1.82) is 0 Å². The molecule has 0 aromatic heterocycles. The molecule has 1 N–H and O–H groups in total. The summed E-state index contributed by atoms with van der Waals surface area (Å²) >= 11 is 0. The second-order valence-electron chi connectivity index (χ2n) is 6.91. The van der Waals surface area contributed by atoms with Crippen molar-refractivity contribution >= 4 is 11.8 Å². The van der Waals surface area contributed by atoms with Gasteiger partial charge in [-0.3, -0.25) is 4.79 Å². The number of carbonyl (C=O) groups excluding carboxylic acids is 2. The van der Waals surface area contributed by atoms with E-state index in [-0.39, 0.29) is 24.3 Å². The normalized spacial score (nSPS) is 18.4. The fourth-order valence-corrected chi connectivity index (χ4v) is 3.10. The third-order valence-electron chi connectivity index (χ3n) is 4.49. The van der Waals surface area contributed by atoms with Gasteiger partial charge in [0, 0.05) is 31.8 Å². The molecule has 4 nitrogen and oxygen atoms in total. The Bertz CT molecular complexity index is 389. The summed E-state index contributed by atoms with van der Waals surface area (Å²) in [6.07, 6.45) is 14.9. The van der Waals surface area contributed by atoms with Crippen LogP contribution in [0.2, 0.25) is 0 Å². The summed E-state index contributed by atoms with van der Waals surface area (Å²) in [4.78, 5) is 23.0. The Labute approximate surface area is 146 Å². The molecule has 1 rings (SSSR count). The maximum absolute atomic E-state index is 11.9. The largest absolute Gasteiger partial charge is 0.459 e. The van der Waals surface area contributed by atoms with Gasteiger partial charge in [-0.05, 0) is 6.42 Å². The molecular formula is C20H34O4. The number of carbonyl (C=O) groups is 2. The molecule has 24 heavy (non-hydrogen) atoms. The predicted molar refractivity (Wildman–Crippen MR) is 95.7 cm³/mol. The summed E-state index contributed by atoms with van der Waals surface area (Å²) in [7, 11) is 0. The van der Waals surface area contributed by atoms with Crippen LogP contribution in [-0.2, 0) is 14.3 Å². The number of ether oxygens (including phenoxy) is 1. The van der Waals surface area contributed by atoms with E-state index in [9.17, 15) is 14.7 Å². The number of ketones is 1. The van der Waals surface area contributed by atoms with Crippen LogP contribution in [0.4, 0.5) is 0 Å². The third-order valence-corrected chi connectivity index (χ3v) is 4.49. The third kappa shape index (κ3) is 10.6. The number of esters is 1. The maximum atomic E-state index is 11.9. The Morgan fingerprint density at radius 1 is 1.17 bits per heavy atom. The molecule has 0 aromatic carbocycles. The molecule has 0 bridgehead atoms. The zero-order chi connectivity index (χ0) is 17.6. The zero-order valence-corrected chi connectivity index (χ0v) is 15.2. The minimum Gasteiger partial charge on any atom is -0.459 e. The van der Waals surface area contributed by atoms with Crippen molar-refractivity contribution in [2.45, 2.75) is 103 Å². The predicted octanol–water partition coefficient (Wildman–Crippen LogP) is 4.49. The second-order valence-corrected chi connectivity index (χ2v) is 6.91. The highest BCUT2D eigenvalue weighted by atomic mass is 16.5. The summed E-state index contributed by atoms with van der Waals surface area (Å²) in [5, 5.41) is 9.97. The highest BCUT2D eigenvalue weighted by Crippen LogP contribution is 2.16. The minimum atomic E-state index is -0.708. The van der Waals surface area contributed by atoms with E-state index < -0.39 is 6.10 Å². The summed E-state index contributed by atoms with van der Waals surface area (Å²) < 4.78 is 5.10. The van der Waals surface area contributed by atoms with Crippen LogP contribution < -0.4 is 0 Å². The maximum Gasteiger partial charge on any atom is 0.330 e. The number of Topliss-reactive ketones (excluding diaryl/α,β-unsaturated/α-hetero) is 1. The van der Waals surface area contributed by atoms with Crippen molar-refractivity contribution in [2.24, 2.45) is 0 Å². The fourth-order valence-electron chi connectivity index (χ4n) is 3.10. The van der Waals surface area contributed by atoms with Crippen LogP contribution in [0.1, 0.15) is 90.4 Å². The van der Waals surface area contributed by atoms with Gasteiger partial charge in [0.2, 0.25) is 0 Å². The molecule has 0 spiro atoms. The molecule has 0 radical (unpaired) electrons. The Balaban J connectivity index is 1.97. The highest BCUT2D eigenvalue weighted by Gasteiger charge is 2.21. The van der Waals surface area contributed by atoms with E-state index >= 15 is 0 Å². The van der Waals surface area contributed by atoms with Crippen LogP contribution in [0.5, 0.6) is 0 Å². The van der Waals surface area contributed by atoms with Crippen LogP contribution in [-0.4, -0.2) is 29.1 Å². The highest BCUT2D eigenvalue weighted by molar-refractivity contribution is 5.82. The lowest BCUT2D eigenvalue weighted by atomic mass is 10.00. The van der Waals surface area contributed by atoms with E-state index in [0.29, 0.717) is 19.3 Å². The molecule has 0 aliphatic carbocycles. The quantitative estimate of drug-likeness (QED) is 0.374. The minimum absolute atomic E-state index is 0.114. The SMILES string of the molecule is CCCCCCCCCCCC(=O)C[C@H](O)C[C@@H]1CC=CC(=O)O1. The van der Waals surface area contributed by atoms with Crippen molar-refractivity contribution in [3.05, 3.63) is 12.2 Å². The van der Waals surface area contributed by atoms with E-state index in [4.69, 9.17) is 4.74 Å². The van der Waals surface area contributed by atoms with Gasteiger partial charge in [0.1, 0.15) is 11.9 Å². The van der Waals surface area contributed by atoms with Gasteiger partial charge in [0.25, 0.3) is 0 Å². The van der Waals surface area contributed by atoms with Gasteiger partial charge in [0.05, 0.1) is 6.10 Å². The zero-order valence-electron chi connectivity index (χ0n) is 15.2. The summed E-state index contributed by atoms with van der Waals surface area (Å²) in [5.41, 5.74) is 0. The number of cyclic esters (lactones) is 1. The van der Waals surface area contributed by atoms with E-state index in [2.05, 4.69) is 6.92 Å². The number of unbranched alkanes of at least 4 members (excludes halogenated alkanes) is 8. The van der Waals surface area contributed by atoms with Crippen molar-refractivity contribution in [3.63, 3.8) is 0 Å². The van der Waals surface area contributed by atoms with Crippen molar-refractivity contribution in [3.8, 4) is 0 Å². The Hall–Kier alpha value is -1.16. The monoisotopic (exact) mass is 338 g/mol. The standard InChI is InChI=1S/C20H34O4/c1-2-3-4-5-6-7-8-9-10-12-17(21)15-18(22)16-19-13-11-14-20(23)24-19/h11,14,18-19,22H,2-10,12-13,15-16H2,1H3/t18-,19-/m0/s1. The lowest BCUT2D eigenvalue weighted by Gasteiger charge is -2.21. The van der Waals surface area contributed by atoms with E-state index in [1.165, 1.54) is 51.0 Å². The van der Waals surface area contributed by atoms with Crippen molar-refractivity contribution in [1.82, 2.24) is 0 Å². The Morgan fingerprint density at radius 2 is 1.79 bits per heavy atom. The molecule has 0 aromatic rings. The molecular weight excluding hydrogens is 304 g/mol.